The molecule has 0 fully saturated rings. The number of benzene rings is 2. The van der Waals surface area contributed by atoms with E-state index in [2.05, 4.69) is 81.7 Å². The van der Waals surface area contributed by atoms with Crippen LogP contribution in [0.1, 0.15) is 138 Å². The number of aliphatic hydroxyl groups excluding tert-OH is 3. The van der Waals surface area contributed by atoms with Crippen LogP contribution in [-0.2, 0) is 118 Å². The zero-order chi connectivity index (χ0) is 98.8. The van der Waals surface area contributed by atoms with E-state index in [0.29, 0.717) is 0 Å². The van der Waals surface area contributed by atoms with E-state index in [1.165, 1.54) is 69.3 Å². The summed E-state index contributed by atoms with van der Waals surface area (Å²) >= 11 is 4.06. The molecular formula is C79H118N18O32S. The summed E-state index contributed by atoms with van der Waals surface area (Å²) in [5.74, 6) is -31.1. The summed E-state index contributed by atoms with van der Waals surface area (Å²) < 4.78 is 0. The highest BCUT2D eigenvalue weighted by Crippen LogP contribution is 2.17. The summed E-state index contributed by atoms with van der Waals surface area (Å²) in [6, 6.07) is -18.5. The SMILES string of the molecule is CC(C)C[C@H](NC(=O)CNC(=O)[C@H](CO)NC(=O)[C@@H](NC(=O)[C@@H](NC(=O)[C@@H](N)CC(C)C)[C@@H](C)O)C(C)C)C(=O)N[C@@H](CCC(N)=O)C(=O)N[C@@H](C)C(=O)N[C@@H](CCC(=O)O)C(=O)N[C@@H](CC(=O)O)C(=O)N[C@@H](CCC(=O)O)C(=O)N[C@@H](C)C(=O)N[C@@H](CC(=O)O)C(=O)N[C@@H](Cc1ccc(O)cc1)C(=O)N[C@@H](Cc1ccc(O)cc1)C(=O)N[C@@H](CS)C(=O)N[C@@H](CO)C(=O)O. The maximum absolute atomic E-state index is 14.5. The lowest BCUT2D eigenvalue weighted by Gasteiger charge is -2.28. The fraction of sp³-hybridized carbons (Fsp3) is 0.570. The maximum Gasteiger partial charge on any atom is 0.328 e. The molecule has 2 rings (SSSR count). The topological polar surface area (TPSA) is 822 Å². The number of amides is 17. The summed E-state index contributed by atoms with van der Waals surface area (Å²) in [5.41, 5.74) is 11.8. The molecule has 2 aromatic rings. The molecule has 0 unspecified atom stereocenters. The van der Waals surface area contributed by atoms with Gasteiger partial charge in [-0.25, -0.2) is 4.79 Å². The first-order valence-electron chi connectivity index (χ1n) is 40.7. The molecule has 17 amide bonds. The first-order chi connectivity index (χ1) is 60.7. The number of carbonyl (C=O) groups excluding carboxylic acids is 17. The highest BCUT2D eigenvalue weighted by molar-refractivity contribution is 7.80. The second kappa shape index (κ2) is 56.0. The van der Waals surface area contributed by atoms with Crippen LogP contribution in [0.2, 0.25) is 0 Å². The third-order valence-electron chi connectivity index (χ3n) is 19.0. The number of aliphatic carboxylic acids is 5. The average molecular weight is 1860 g/mol. The highest BCUT2D eigenvalue weighted by Gasteiger charge is 2.40. The third kappa shape index (κ3) is 41.6. The van der Waals surface area contributed by atoms with Crippen LogP contribution in [0.4, 0.5) is 0 Å². The van der Waals surface area contributed by atoms with Gasteiger partial charge in [0, 0.05) is 37.9 Å². The van der Waals surface area contributed by atoms with E-state index in [-0.39, 0.29) is 41.4 Å². The van der Waals surface area contributed by atoms with Crippen LogP contribution >= 0.6 is 12.6 Å². The third-order valence-corrected chi connectivity index (χ3v) is 19.4. The number of phenols is 2. The molecule has 130 heavy (non-hydrogen) atoms. The van der Waals surface area contributed by atoms with Crippen molar-refractivity contribution in [1.82, 2.24) is 85.1 Å². The Balaban J connectivity index is 2.42. The van der Waals surface area contributed by atoms with Gasteiger partial charge in [0.05, 0.1) is 44.7 Å². The van der Waals surface area contributed by atoms with Crippen LogP contribution in [0.3, 0.4) is 0 Å². The minimum Gasteiger partial charge on any atom is -0.508 e. The van der Waals surface area contributed by atoms with Gasteiger partial charge in [0.15, 0.2) is 0 Å². The van der Waals surface area contributed by atoms with Gasteiger partial charge in [0.2, 0.25) is 100 Å². The number of aliphatic hydroxyl groups is 3. The average Bonchev–Trinajstić information content (AvgIpc) is 0.849. The second-order valence-corrected chi connectivity index (χ2v) is 31.8. The smallest absolute Gasteiger partial charge is 0.328 e. The van der Waals surface area contributed by atoms with Gasteiger partial charge in [-0.05, 0) is 106 Å². The summed E-state index contributed by atoms with van der Waals surface area (Å²) in [7, 11) is 0. The number of carboxylic acid groups (broad SMARTS) is 5. The van der Waals surface area contributed by atoms with Gasteiger partial charge < -0.3 is 148 Å². The molecule has 0 radical (unpaired) electrons. The molecule has 50 nitrogen and oxygen atoms in total. The molecule has 2 aromatic carbocycles. The van der Waals surface area contributed by atoms with Crippen LogP contribution in [0.15, 0.2) is 48.5 Å². The van der Waals surface area contributed by atoms with Crippen molar-refractivity contribution in [2.24, 2.45) is 29.2 Å². The maximum atomic E-state index is 14.5. The standard InChI is InChI=1S/C79H118N18O32S/c1-34(2)24-44(80)66(115)97-63(39(9)100)78(127)96-62(36(5)6)77(126)93-53(31-98)67(116)82-30-57(104)85-48(25-35(3)4)71(120)87-45(18-21-56(81)103)68(117)83-37(7)64(113)86-47(20-23-59(107)108)70(119)92-52(29-61(111)112)74(123)88-46(19-22-58(105)106)69(118)84-38(8)65(114)89-51(28-60(109)110)75(124)91-49(26-40-10-14-42(101)15-11-40)72(121)90-50(27-41-12-16-43(102)17-13-41)73(122)95-55(33-130)76(125)94-54(32-99)79(128)129/h10-17,34-39,44-55,62-63,98-102,130H,18-33,80H2,1-9H3,(H2,81,103)(H,82,116)(H,83,117)(H,84,118)(H,85,104)(H,86,113)(H,87,120)(H,88,123)(H,89,114)(H,90,121)(H,91,124)(H,92,119)(H,93,126)(H,94,125)(H,95,122)(H,96,127)(H,97,115)(H,105,106)(H,107,108)(H,109,110)(H,111,112)(H,128,129)/t37-,38-,39+,44-,45-,46-,47-,48-,49-,50-,51-,52-,53-,54-,55-,62-,63-/m0/s1. The molecule has 722 valence electrons. The number of rotatable bonds is 59. The van der Waals surface area contributed by atoms with Gasteiger partial charge in [-0.3, -0.25) is 101 Å². The summed E-state index contributed by atoms with van der Waals surface area (Å²) in [6.07, 6.45) is -9.87. The van der Waals surface area contributed by atoms with E-state index in [9.17, 15) is 157 Å². The van der Waals surface area contributed by atoms with Gasteiger partial charge in [0.25, 0.3) is 0 Å². The van der Waals surface area contributed by atoms with Crippen LogP contribution in [0.25, 0.3) is 0 Å². The summed E-state index contributed by atoms with van der Waals surface area (Å²) in [6.45, 7) is 9.92. The molecule has 0 saturated heterocycles. The number of hydrogen-bond donors (Lipinski definition) is 29. The summed E-state index contributed by atoms with van der Waals surface area (Å²) in [5, 5.41) is 134. The van der Waals surface area contributed by atoms with Gasteiger partial charge in [-0.2, -0.15) is 12.6 Å². The van der Waals surface area contributed by atoms with Crippen LogP contribution in [0, 0.1) is 17.8 Å². The lowest BCUT2D eigenvalue weighted by Crippen LogP contribution is -2.61. The minimum absolute atomic E-state index is 0.00907. The normalized spacial score (nSPS) is 15.0. The predicted octanol–water partition coefficient (Wildman–Crippen LogP) is -9.29. The van der Waals surface area contributed by atoms with Crippen molar-refractivity contribution in [3.8, 4) is 11.5 Å². The predicted molar refractivity (Wildman–Crippen MR) is 453 cm³/mol. The quantitative estimate of drug-likeness (QED) is 0.0274. The molecule has 0 bridgehead atoms. The number of nitrogens with one attached hydrogen (secondary N) is 16. The monoisotopic (exact) mass is 1860 g/mol. The number of carboxylic acids is 5. The van der Waals surface area contributed by atoms with Gasteiger partial charge in [-0.1, -0.05) is 65.8 Å². The zero-order valence-corrected chi connectivity index (χ0v) is 73.4. The van der Waals surface area contributed by atoms with Crippen molar-refractivity contribution >= 4 is 143 Å². The molecule has 0 aliphatic rings. The Labute approximate surface area is 749 Å². The van der Waals surface area contributed by atoms with Crippen LogP contribution < -0.4 is 96.5 Å². The Morgan fingerprint density at radius 2 is 0.677 bits per heavy atom. The van der Waals surface area contributed by atoms with E-state index >= 15 is 0 Å². The molecule has 0 saturated carbocycles. The Kier molecular flexibility index (Phi) is 48.5. The Bertz CT molecular complexity index is 4330. The number of primary amides is 1. The molecule has 51 heteroatoms. The lowest BCUT2D eigenvalue weighted by molar-refractivity contribution is -0.143. The Morgan fingerprint density at radius 3 is 1.05 bits per heavy atom. The number of nitrogens with two attached hydrogens (primary N) is 2. The molecule has 0 spiro atoms. The second-order valence-electron chi connectivity index (χ2n) is 31.4. The highest BCUT2D eigenvalue weighted by atomic mass is 32.1. The van der Waals surface area contributed by atoms with Crippen molar-refractivity contribution < 1.29 is 157 Å². The molecular weight excluding hydrogens is 1750 g/mol. The van der Waals surface area contributed by atoms with Crippen molar-refractivity contribution in [2.75, 3.05) is 25.5 Å². The lowest BCUT2D eigenvalue weighted by atomic mass is 10.0. The first kappa shape index (κ1) is 113. The molecule has 0 aliphatic carbocycles. The number of aromatic hydroxyl groups is 2. The number of thiol groups is 1. The van der Waals surface area contributed by atoms with Gasteiger partial charge in [0.1, 0.15) is 102 Å². The van der Waals surface area contributed by atoms with Crippen molar-refractivity contribution in [3.63, 3.8) is 0 Å². The van der Waals surface area contributed by atoms with Crippen molar-refractivity contribution in [2.45, 2.75) is 242 Å². The number of phenolic OH excluding ortho intramolecular Hbond substituents is 2. The van der Waals surface area contributed by atoms with E-state index in [1.807, 2.05) is 16.0 Å². The van der Waals surface area contributed by atoms with Gasteiger partial charge in [-0.15, -0.1) is 0 Å². The van der Waals surface area contributed by atoms with Gasteiger partial charge >= 0.3 is 29.8 Å². The van der Waals surface area contributed by atoms with E-state index in [1.54, 1.807) is 27.7 Å². The van der Waals surface area contributed by atoms with Crippen LogP contribution in [-0.4, -0.2) is 310 Å². The number of carbonyl (C=O) groups is 22. The van der Waals surface area contributed by atoms with E-state index in [0.717, 1.165) is 13.8 Å². The van der Waals surface area contributed by atoms with E-state index < -0.39 is 335 Å². The molecule has 30 N–H and O–H groups in total. The van der Waals surface area contributed by atoms with Crippen molar-refractivity contribution in [1.29, 1.82) is 0 Å². The molecule has 17 atom stereocenters. The van der Waals surface area contributed by atoms with Crippen LogP contribution in [0.5, 0.6) is 11.5 Å². The fourth-order valence-electron chi connectivity index (χ4n) is 11.9. The minimum atomic E-state index is -2.31. The first-order valence-corrected chi connectivity index (χ1v) is 41.4. The Hall–Kier alpha value is -13.4. The largest absolute Gasteiger partial charge is 0.508 e. The summed E-state index contributed by atoms with van der Waals surface area (Å²) in [4.78, 5) is 293. The van der Waals surface area contributed by atoms with Crippen molar-refractivity contribution in [3.05, 3.63) is 59.7 Å². The Morgan fingerprint density at radius 1 is 0.346 bits per heavy atom. The zero-order valence-electron chi connectivity index (χ0n) is 72.5. The fourth-order valence-corrected chi connectivity index (χ4v) is 12.2. The van der Waals surface area contributed by atoms with E-state index in [4.69, 9.17) is 11.5 Å². The molecule has 0 aliphatic heterocycles. The molecule has 0 aromatic heterocycles. The molecule has 0 heterocycles. The number of hydrogen-bond acceptors (Lipinski definition) is 29.